The Hall–Kier alpha value is -2.13. The molecule has 0 aliphatic rings. The Morgan fingerprint density at radius 1 is 1.33 bits per heavy atom. The Morgan fingerprint density at radius 3 is 2.43 bits per heavy atom. The van der Waals surface area contributed by atoms with E-state index in [-0.39, 0.29) is 29.1 Å². The molecule has 0 aromatic heterocycles. The number of hydrogen-bond acceptors (Lipinski definition) is 6. The number of amides is 1. The Bertz CT molecular complexity index is 657. The Balaban J connectivity index is 3.02. The minimum Gasteiger partial charge on any atom is -0.469 e. The van der Waals surface area contributed by atoms with Crippen LogP contribution >= 0.6 is 0 Å². The van der Waals surface area contributed by atoms with E-state index in [9.17, 15) is 18.0 Å². The second-order valence-corrected chi connectivity index (χ2v) is 6.28. The van der Waals surface area contributed by atoms with Gasteiger partial charge >= 0.3 is 5.97 Å². The van der Waals surface area contributed by atoms with Crippen LogP contribution in [0.5, 0.6) is 0 Å². The van der Waals surface area contributed by atoms with Gasteiger partial charge in [0.15, 0.2) is 0 Å². The summed E-state index contributed by atoms with van der Waals surface area (Å²) in [5.41, 5.74) is 10.8. The van der Waals surface area contributed by atoms with Crippen molar-refractivity contribution in [2.45, 2.75) is 11.3 Å². The predicted molar refractivity (Wildman–Crippen MR) is 75.8 cm³/mol. The average Bonchev–Trinajstić information content (AvgIpc) is 2.43. The van der Waals surface area contributed by atoms with Gasteiger partial charge in [0.25, 0.3) is 0 Å². The van der Waals surface area contributed by atoms with Gasteiger partial charge in [0, 0.05) is 19.2 Å². The zero-order valence-corrected chi connectivity index (χ0v) is 12.5. The standard InChI is InChI=1S/C12H17N3O5S/c1-15(6-5-11(16)20-2)21(18,19)10-4-3-8(12(14)17)7-9(10)13/h3-4,7H,5-6,13H2,1-2H3,(H2,14,17). The Labute approximate surface area is 122 Å². The Kier molecular flexibility index (Phi) is 5.28. The maximum atomic E-state index is 12.3. The van der Waals surface area contributed by atoms with E-state index in [2.05, 4.69) is 4.74 Å². The van der Waals surface area contributed by atoms with Crippen molar-refractivity contribution < 1.29 is 22.7 Å². The van der Waals surface area contributed by atoms with E-state index in [1.807, 2.05) is 0 Å². The fourth-order valence-corrected chi connectivity index (χ4v) is 2.84. The zero-order chi connectivity index (χ0) is 16.2. The van der Waals surface area contributed by atoms with Gasteiger partial charge in [-0.05, 0) is 18.2 Å². The van der Waals surface area contributed by atoms with Crippen LogP contribution in [0.15, 0.2) is 23.1 Å². The second kappa shape index (κ2) is 6.55. The fraction of sp³-hybridized carbons (Fsp3) is 0.333. The summed E-state index contributed by atoms with van der Waals surface area (Å²) in [5, 5.41) is 0. The molecule has 0 aliphatic carbocycles. The van der Waals surface area contributed by atoms with E-state index < -0.39 is 21.9 Å². The number of esters is 1. The van der Waals surface area contributed by atoms with Crippen LogP contribution in [0.4, 0.5) is 5.69 Å². The summed E-state index contributed by atoms with van der Waals surface area (Å²) in [4.78, 5) is 21.9. The smallest absolute Gasteiger partial charge is 0.306 e. The summed E-state index contributed by atoms with van der Waals surface area (Å²) in [7, 11) is -1.33. The van der Waals surface area contributed by atoms with Crippen LogP contribution in [-0.4, -0.2) is 45.3 Å². The number of primary amides is 1. The average molecular weight is 315 g/mol. The van der Waals surface area contributed by atoms with Crippen molar-refractivity contribution in [3.05, 3.63) is 23.8 Å². The molecule has 0 saturated heterocycles. The van der Waals surface area contributed by atoms with E-state index in [1.54, 1.807) is 0 Å². The van der Waals surface area contributed by atoms with Crippen LogP contribution < -0.4 is 11.5 Å². The number of rotatable bonds is 6. The van der Waals surface area contributed by atoms with Crippen molar-refractivity contribution in [1.82, 2.24) is 4.31 Å². The van der Waals surface area contributed by atoms with Gasteiger partial charge < -0.3 is 16.2 Å². The molecular formula is C12H17N3O5S. The molecule has 0 aliphatic heterocycles. The third kappa shape index (κ3) is 3.92. The summed E-state index contributed by atoms with van der Waals surface area (Å²) in [6.45, 7) is -0.0496. The molecule has 0 atom stereocenters. The number of anilines is 1. The minimum absolute atomic E-state index is 0.0496. The molecule has 0 spiro atoms. The van der Waals surface area contributed by atoms with E-state index in [0.29, 0.717) is 0 Å². The lowest BCUT2D eigenvalue weighted by Crippen LogP contribution is -2.30. The third-order valence-corrected chi connectivity index (χ3v) is 4.77. The van der Waals surface area contributed by atoms with E-state index >= 15 is 0 Å². The van der Waals surface area contributed by atoms with Gasteiger partial charge in [-0.1, -0.05) is 0 Å². The summed E-state index contributed by atoms with van der Waals surface area (Å²) >= 11 is 0. The highest BCUT2D eigenvalue weighted by Crippen LogP contribution is 2.22. The largest absolute Gasteiger partial charge is 0.469 e. The molecule has 4 N–H and O–H groups in total. The second-order valence-electron chi connectivity index (χ2n) is 4.27. The summed E-state index contributed by atoms with van der Waals surface area (Å²) in [6.07, 6.45) is -0.0779. The normalized spacial score (nSPS) is 11.4. The number of benzene rings is 1. The van der Waals surface area contributed by atoms with Gasteiger partial charge in [0.1, 0.15) is 4.90 Å². The van der Waals surface area contributed by atoms with Crippen molar-refractivity contribution in [3.63, 3.8) is 0 Å². The molecule has 0 bridgehead atoms. The molecule has 1 aromatic carbocycles. The zero-order valence-electron chi connectivity index (χ0n) is 11.7. The number of sulfonamides is 1. The number of ether oxygens (including phenoxy) is 1. The summed E-state index contributed by atoms with van der Waals surface area (Å²) in [6, 6.07) is 3.68. The molecule has 0 heterocycles. The van der Waals surface area contributed by atoms with Crippen LogP contribution in [0.1, 0.15) is 16.8 Å². The quantitative estimate of drug-likeness (QED) is 0.539. The molecule has 1 aromatic rings. The number of carbonyl (C=O) groups excluding carboxylic acids is 2. The van der Waals surface area contributed by atoms with Crippen molar-refractivity contribution in [3.8, 4) is 0 Å². The number of nitrogen functional groups attached to an aromatic ring is 1. The van der Waals surface area contributed by atoms with Crippen LogP contribution in [0.3, 0.4) is 0 Å². The van der Waals surface area contributed by atoms with Crippen LogP contribution in [0.25, 0.3) is 0 Å². The lowest BCUT2D eigenvalue weighted by Gasteiger charge is -2.18. The maximum absolute atomic E-state index is 12.3. The number of nitrogens with two attached hydrogens (primary N) is 2. The highest BCUT2D eigenvalue weighted by molar-refractivity contribution is 7.89. The molecule has 116 valence electrons. The maximum Gasteiger partial charge on any atom is 0.306 e. The molecule has 8 nitrogen and oxygen atoms in total. The highest BCUT2D eigenvalue weighted by Gasteiger charge is 2.24. The molecule has 0 unspecified atom stereocenters. The SMILES string of the molecule is COC(=O)CCN(C)S(=O)(=O)c1ccc(C(N)=O)cc1N. The predicted octanol–water partition coefficient (Wildman–Crippen LogP) is -0.449. The van der Waals surface area contributed by atoms with Crippen LogP contribution in [0.2, 0.25) is 0 Å². The molecule has 1 rings (SSSR count). The molecular weight excluding hydrogens is 298 g/mol. The van der Waals surface area contributed by atoms with E-state index in [1.165, 1.54) is 32.4 Å². The number of methoxy groups -OCH3 is 1. The van der Waals surface area contributed by atoms with E-state index in [0.717, 1.165) is 4.31 Å². The van der Waals surface area contributed by atoms with Crippen molar-refractivity contribution in [1.29, 1.82) is 0 Å². The van der Waals surface area contributed by atoms with Gasteiger partial charge in [0.05, 0.1) is 19.2 Å². The Morgan fingerprint density at radius 2 is 1.95 bits per heavy atom. The molecule has 9 heteroatoms. The van der Waals surface area contributed by atoms with Gasteiger partial charge in [-0.2, -0.15) is 0 Å². The van der Waals surface area contributed by atoms with Crippen LogP contribution in [0, 0.1) is 0 Å². The van der Waals surface area contributed by atoms with Crippen molar-refractivity contribution in [2.75, 3.05) is 26.4 Å². The first kappa shape index (κ1) is 16.9. The first-order valence-electron chi connectivity index (χ1n) is 5.92. The first-order valence-corrected chi connectivity index (χ1v) is 7.36. The van der Waals surface area contributed by atoms with Gasteiger partial charge in [-0.25, -0.2) is 12.7 Å². The summed E-state index contributed by atoms with van der Waals surface area (Å²) < 4.78 is 30.1. The summed E-state index contributed by atoms with van der Waals surface area (Å²) in [5.74, 6) is -1.22. The van der Waals surface area contributed by atoms with Gasteiger partial charge in [-0.15, -0.1) is 0 Å². The number of hydrogen-bond donors (Lipinski definition) is 2. The van der Waals surface area contributed by atoms with Gasteiger partial charge in [0.2, 0.25) is 15.9 Å². The third-order valence-electron chi connectivity index (χ3n) is 2.84. The minimum atomic E-state index is -3.87. The van der Waals surface area contributed by atoms with Crippen LogP contribution in [-0.2, 0) is 19.6 Å². The topological polar surface area (TPSA) is 133 Å². The van der Waals surface area contributed by atoms with Gasteiger partial charge in [-0.3, -0.25) is 9.59 Å². The number of carbonyl (C=O) groups is 2. The lowest BCUT2D eigenvalue weighted by molar-refractivity contribution is -0.140. The lowest BCUT2D eigenvalue weighted by atomic mass is 10.2. The molecule has 1 amide bonds. The fourth-order valence-electron chi connectivity index (χ4n) is 1.58. The molecule has 21 heavy (non-hydrogen) atoms. The molecule has 0 saturated carbocycles. The van der Waals surface area contributed by atoms with E-state index in [4.69, 9.17) is 11.5 Å². The highest BCUT2D eigenvalue weighted by atomic mass is 32.2. The van der Waals surface area contributed by atoms with Crippen molar-refractivity contribution >= 4 is 27.6 Å². The molecule has 0 fully saturated rings. The molecule has 0 radical (unpaired) electrons. The number of nitrogens with zero attached hydrogens (tertiary/aromatic N) is 1. The monoisotopic (exact) mass is 315 g/mol. The van der Waals surface area contributed by atoms with Crippen molar-refractivity contribution in [2.24, 2.45) is 5.73 Å². The first-order chi connectivity index (χ1) is 9.70.